The lowest BCUT2D eigenvalue weighted by Crippen LogP contribution is -2.21. The smallest absolute Gasteiger partial charge is 0.305 e. The van der Waals surface area contributed by atoms with E-state index >= 15 is 0 Å². The van der Waals surface area contributed by atoms with Crippen LogP contribution in [-0.4, -0.2) is 144 Å². The van der Waals surface area contributed by atoms with E-state index in [0.717, 1.165) is 70.6 Å². The van der Waals surface area contributed by atoms with Gasteiger partial charge in [0.1, 0.15) is 29.5 Å². The van der Waals surface area contributed by atoms with Crippen molar-refractivity contribution in [1.82, 2.24) is 19.7 Å². The number of hydrogen-bond acceptors (Lipinski definition) is 14. The second-order valence-electron chi connectivity index (χ2n) is 13.3. The van der Waals surface area contributed by atoms with E-state index in [1.54, 1.807) is 7.11 Å². The zero-order valence-corrected chi connectivity index (χ0v) is 32.5. The van der Waals surface area contributed by atoms with Gasteiger partial charge in [-0.05, 0) is 45.7 Å². The van der Waals surface area contributed by atoms with E-state index < -0.39 is 5.97 Å². The van der Waals surface area contributed by atoms with Crippen molar-refractivity contribution in [3.63, 3.8) is 0 Å². The summed E-state index contributed by atoms with van der Waals surface area (Å²) in [6.45, 7) is 13.1. The Morgan fingerprint density at radius 3 is 1.98 bits per heavy atom. The number of aliphatic carboxylic acids is 1. The molecule has 1 atom stereocenters. The van der Waals surface area contributed by atoms with Crippen LogP contribution >= 0.6 is 0 Å². The van der Waals surface area contributed by atoms with E-state index in [1.165, 1.54) is 0 Å². The number of ether oxygens (including phenoxy) is 9. The molecule has 0 aliphatic carbocycles. The van der Waals surface area contributed by atoms with Gasteiger partial charge in [0.2, 0.25) is 0 Å². The number of carbonyl (C=O) groups is 1. The number of fused-ring (bicyclic) bond motifs is 3. The lowest BCUT2D eigenvalue weighted by molar-refractivity contribution is -0.138. The van der Waals surface area contributed by atoms with Crippen LogP contribution in [-0.2, 0) is 42.7 Å². The number of pyridine rings is 1. The highest BCUT2D eigenvalue weighted by Gasteiger charge is 2.27. The largest absolute Gasteiger partial charge is 0.491 e. The molecule has 1 N–H and O–H groups in total. The number of benzene rings is 1. The molecular weight excluding hydrogens is 716 g/mol. The van der Waals surface area contributed by atoms with Crippen molar-refractivity contribution >= 4 is 27.9 Å². The molecule has 0 spiro atoms. The van der Waals surface area contributed by atoms with Gasteiger partial charge in [-0.1, -0.05) is 5.16 Å². The Morgan fingerprint density at radius 2 is 1.44 bits per heavy atom. The van der Waals surface area contributed by atoms with E-state index in [4.69, 9.17) is 62.2 Å². The van der Waals surface area contributed by atoms with Gasteiger partial charge in [0.25, 0.3) is 0 Å². The number of aromatic nitrogens is 4. The fourth-order valence-corrected chi connectivity index (χ4v) is 6.58. The summed E-state index contributed by atoms with van der Waals surface area (Å²) in [5.41, 5.74) is 5.19. The van der Waals surface area contributed by atoms with Gasteiger partial charge in [-0.25, -0.2) is 4.98 Å². The first-order chi connectivity index (χ1) is 26.9. The zero-order chi connectivity index (χ0) is 38.8. The van der Waals surface area contributed by atoms with Crippen molar-refractivity contribution in [2.24, 2.45) is 0 Å². The number of methoxy groups -OCH3 is 1. The Kier molecular flexibility index (Phi) is 17.5. The molecule has 304 valence electrons. The maximum Gasteiger partial charge on any atom is 0.305 e. The van der Waals surface area contributed by atoms with Gasteiger partial charge in [0, 0.05) is 37.2 Å². The summed E-state index contributed by atoms with van der Waals surface area (Å²) >= 11 is 0. The predicted octanol–water partition coefficient (Wildman–Crippen LogP) is 4.91. The van der Waals surface area contributed by atoms with Gasteiger partial charge >= 0.3 is 5.97 Å². The average Bonchev–Trinajstić information content (AvgIpc) is 3.74. The third kappa shape index (κ3) is 12.4. The number of hydrogen-bond donors (Lipinski definition) is 1. The molecule has 4 heterocycles. The lowest BCUT2D eigenvalue weighted by atomic mass is 9.99. The van der Waals surface area contributed by atoms with Gasteiger partial charge in [0.05, 0.1) is 127 Å². The topological polar surface area (TPSA) is 177 Å². The van der Waals surface area contributed by atoms with Crippen LogP contribution in [0, 0.1) is 13.8 Å². The van der Waals surface area contributed by atoms with E-state index in [0.29, 0.717) is 97.4 Å². The van der Waals surface area contributed by atoms with Gasteiger partial charge in [-0.2, -0.15) is 0 Å². The molecule has 3 aromatic heterocycles. The summed E-state index contributed by atoms with van der Waals surface area (Å²) < 4.78 is 58.6. The standard InChI is InChI=1S/C39H56N4O12/c1-27(26-46-4)43-38-31-24-35(54-22-21-53-20-19-52-18-17-51-16-15-50-14-13-49-12-11-48-10-7-36(44)45)32(37-28(2)42-55-29(37)3)23-33(31)40-25-34(38)41-39(43)30-5-8-47-9-6-30/h23-25,27,30H,5-22,26H2,1-4H3,(H,44,45)/t27-/m1/s1. The molecule has 5 rings (SSSR count). The van der Waals surface area contributed by atoms with Crippen molar-refractivity contribution < 1.29 is 57.1 Å². The number of aryl methyl sites for hydroxylation is 2. The van der Waals surface area contributed by atoms with Crippen LogP contribution in [0.4, 0.5) is 0 Å². The summed E-state index contributed by atoms with van der Waals surface area (Å²) in [5, 5.41) is 13.7. The Hall–Kier alpha value is -3.74. The highest BCUT2D eigenvalue weighted by atomic mass is 16.6. The summed E-state index contributed by atoms with van der Waals surface area (Å²) in [4.78, 5) is 20.4. The van der Waals surface area contributed by atoms with Gasteiger partial charge in [-0.15, -0.1) is 0 Å². The second kappa shape index (κ2) is 22.7. The predicted molar refractivity (Wildman–Crippen MR) is 202 cm³/mol. The van der Waals surface area contributed by atoms with Crippen LogP contribution in [0.5, 0.6) is 5.75 Å². The minimum absolute atomic E-state index is 0.0109. The maximum atomic E-state index is 10.4. The molecule has 0 saturated carbocycles. The van der Waals surface area contributed by atoms with E-state index in [9.17, 15) is 4.79 Å². The number of rotatable bonds is 27. The molecule has 1 fully saturated rings. The third-order valence-corrected chi connectivity index (χ3v) is 9.19. The fourth-order valence-electron chi connectivity index (χ4n) is 6.58. The van der Waals surface area contributed by atoms with E-state index in [-0.39, 0.29) is 25.0 Å². The number of carboxylic acid groups (broad SMARTS) is 1. The molecule has 1 aliphatic heterocycles. The number of imidazole rings is 1. The number of nitrogens with zero attached hydrogens (tertiary/aromatic N) is 4. The molecule has 55 heavy (non-hydrogen) atoms. The van der Waals surface area contributed by atoms with Crippen molar-refractivity contribution in [2.75, 3.05) is 113 Å². The molecule has 0 bridgehead atoms. The number of carboxylic acids is 1. The minimum Gasteiger partial charge on any atom is -0.491 e. The van der Waals surface area contributed by atoms with Crippen LogP contribution in [0.3, 0.4) is 0 Å². The Bertz CT molecular complexity index is 1740. The Morgan fingerprint density at radius 1 is 0.855 bits per heavy atom. The van der Waals surface area contributed by atoms with Gasteiger partial charge < -0.3 is 56.8 Å². The molecule has 1 saturated heterocycles. The molecule has 1 aromatic carbocycles. The van der Waals surface area contributed by atoms with Crippen LogP contribution in [0.25, 0.3) is 33.1 Å². The molecule has 0 unspecified atom stereocenters. The van der Waals surface area contributed by atoms with Crippen LogP contribution in [0.2, 0.25) is 0 Å². The molecule has 16 heteroatoms. The third-order valence-electron chi connectivity index (χ3n) is 9.19. The maximum absolute atomic E-state index is 10.4. The van der Waals surface area contributed by atoms with Crippen LogP contribution < -0.4 is 4.74 Å². The normalized spacial score (nSPS) is 14.3. The first-order valence-electron chi connectivity index (χ1n) is 19.0. The highest BCUT2D eigenvalue weighted by Crippen LogP contribution is 2.41. The molecular formula is C39H56N4O12. The first kappa shape index (κ1) is 42.4. The van der Waals surface area contributed by atoms with Gasteiger partial charge in [0.15, 0.2) is 0 Å². The first-order valence-corrected chi connectivity index (χ1v) is 19.0. The average molecular weight is 773 g/mol. The summed E-state index contributed by atoms with van der Waals surface area (Å²) in [7, 11) is 1.73. The van der Waals surface area contributed by atoms with Crippen molar-refractivity contribution in [1.29, 1.82) is 0 Å². The molecule has 1 aliphatic rings. The van der Waals surface area contributed by atoms with Crippen molar-refractivity contribution in [3.8, 4) is 16.9 Å². The molecule has 16 nitrogen and oxygen atoms in total. The summed E-state index contributed by atoms with van der Waals surface area (Å²) in [6.07, 6.45) is 3.69. The summed E-state index contributed by atoms with van der Waals surface area (Å²) in [5.74, 6) is 1.84. The van der Waals surface area contributed by atoms with Crippen LogP contribution in [0.1, 0.15) is 55.4 Å². The monoisotopic (exact) mass is 772 g/mol. The van der Waals surface area contributed by atoms with Crippen molar-refractivity contribution in [3.05, 3.63) is 35.6 Å². The minimum atomic E-state index is -0.879. The molecule has 0 radical (unpaired) electrons. The Labute approximate surface area is 321 Å². The van der Waals surface area contributed by atoms with E-state index in [2.05, 4.69) is 22.7 Å². The second-order valence-corrected chi connectivity index (χ2v) is 13.3. The molecule has 4 aromatic rings. The Balaban J connectivity index is 1.09. The van der Waals surface area contributed by atoms with Crippen LogP contribution in [0.15, 0.2) is 22.9 Å². The highest BCUT2D eigenvalue weighted by molar-refractivity contribution is 6.05. The lowest BCUT2D eigenvalue weighted by Gasteiger charge is -2.25. The van der Waals surface area contributed by atoms with Crippen molar-refractivity contribution in [2.45, 2.75) is 52.0 Å². The van der Waals surface area contributed by atoms with E-state index in [1.807, 2.05) is 26.1 Å². The molecule has 0 amide bonds. The quantitative estimate of drug-likeness (QED) is 0.0809. The summed E-state index contributed by atoms with van der Waals surface area (Å²) in [6, 6.07) is 4.16. The zero-order valence-electron chi connectivity index (χ0n) is 32.5. The fraction of sp³-hybridized carbons (Fsp3) is 0.641. The SMILES string of the molecule is COC[C@@H](C)n1c(C2CCOCC2)nc2cnc3cc(-c4c(C)noc4C)c(OCCOCCOCCOCCOCCOCCOCCC(=O)O)cc3c21. The van der Waals surface area contributed by atoms with Gasteiger partial charge in [-0.3, -0.25) is 9.78 Å².